The van der Waals surface area contributed by atoms with Gasteiger partial charge in [-0.3, -0.25) is 9.89 Å². The Bertz CT molecular complexity index is 405. The van der Waals surface area contributed by atoms with Crippen LogP contribution in [0, 0.1) is 12.8 Å². The number of amides is 1. The second-order valence-corrected chi connectivity index (χ2v) is 5.22. The van der Waals surface area contributed by atoms with Crippen LogP contribution in [0.25, 0.3) is 0 Å². The fourth-order valence-electron chi connectivity index (χ4n) is 2.55. The highest BCUT2D eigenvalue weighted by molar-refractivity contribution is 5.92. The van der Waals surface area contributed by atoms with Crippen molar-refractivity contribution >= 4 is 17.4 Å². The standard InChI is InChI=1S/C13H22N4O/c1-9-12(14)13(17-16-9)15-11(18)8-10-6-4-2-3-5-7-10/h10H,2-8,14H2,1H3,(H2,15,16,17,18). The van der Waals surface area contributed by atoms with Gasteiger partial charge in [0.05, 0.1) is 11.4 Å². The van der Waals surface area contributed by atoms with Gasteiger partial charge in [-0.15, -0.1) is 0 Å². The van der Waals surface area contributed by atoms with Gasteiger partial charge in [0, 0.05) is 6.42 Å². The lowest BCUT2D eigenvalue weighted by Crippen LogP contribution is -2.17. The van der Waals surface area contributed by atoms with Crippen molar-refractivity contribution in [3.63, 3.8) is 0 Å². The number of nitrogens with two attached hydrogens (primary N) is 1. The van der Waals surface area contributed by atoms with Crippen molar-refractivity contribution in [2.45, 2.75) is 51.9 Å². The molecule has 100 valence electrons. The van der Waals surface area contributed by atoms with Crippen LogP contribution in [0.4, 0.5) is 11.5 Å². The molecule has 1 saturated carbocycles. The topological polar surface area (TPSA) is 83.8 Å². The van der Waals surface area contributed by atoms with E-state index in [0.29, 0.717) is 23.8 Å². The molecule has 1 aliphatic carbocycles. The molecule has 0 aromatic carbocycles. The number of aromatic amines is 1. The van der Waals surface area contributed by atoms with Crippen LogP contribution in [-0.2, 0) is 4.79 Å². The van der Waals surface area contributed by atoms with Crippen molar-refractivity contribution in [2.75, 3.05) is 11.1 Å². The Hall–Kier alpha value is -1.52. The van der Waals surface area contributed by atoms with E-state index in [4.69, 9.17) is 5.73 Å². The van der Waals surface area contributed by atoms with E-state index in [1.165, 1.54) is 38.5 Å². The van der Waals surface area contributed by atoms with Gasteiger partial charge in [0.15, 0.2) is 5.82 Å². The second-order valence-electron chi connectivity index (χ2n) is 5.22. The van der Waals surface area contributed by atoms with E-state index < -0.39 is 0 Å². The van der Waals surface area contributed by atoms with Gasteiger partial charge in [-0.25, -0.2) is 0 Å². The molecule has 0 atom stereocenters. The molecule has 5 nitrogen and oxygen atoms in total. The van der Waals surface area contributed by atoms with E-state index >= 15 is 0 Å². The van der Waals surface area contributed by atoms with Gasteiger partial charge in [-0.05, 0) is 25.7 Å². The highest BCUT2D eigenvalue weighted by Gasteiger charge is 2.17. The van der Waals surface area contributed by atoms with E-state index in [9.17, 15) is 4.79 Å². The van der Waals surface area contributed by atoms with Gasteiger partial charge in [0.1, 0.15) is 0 Å². The zero-order valence-corrected chi connectivity index (χ0v) is 11.0. The Morgan fingerprint density at radius 1 is 1.39 bits per heavy atom. The summed E-state index contributed by atoms with van der Waals surface area (Å²) in [5.74, 6) is 1.01. The van der Waals surface area contributed by atoms with Crippen molar-refractivity contribution < 1.29 is 4.79 Å². The summed E-state index contributed by atoms with van der Waals surface area (Å²) in [5, 5.41) is 9.54. The minimum atomic E-state index is 0.0279. The minimum Gasteiger partial charge on any atom is -0.394 e. The molecule has 18 heavy (non-hydrogen) atoms. The van der Waals surface area contributed by atoms with Crippen LogP contribution in [0.5, 0.6) is 0 Å². The molecule has 1 aliphatic rings. The number of anilines is 2. The number of nitrogen functional groups attached to an aromatic ring is 1. The van der Waals surface area contributed by atoms with Gasteiger partial charge in [0.25, 0.3) is 0 Å². The largest absolute Gasteiger partial charge is 0.394 e. The normalized spacial score (nSPS) is 17.4. The molecule has 1 aromatic heterocycles. The lowest BCUT2D eigenvalue weighted by atomic mass is 9.96. The molecule has 2 rings (SSSR count). The molecule has 1 aromatic rings. The molecule has 1 heterocycles. The van der Waals surface area contributed by atoms with Gasteiger partial charge in [-0.2, -0.15) is 5.10 Å². The maximum atomic E-state index is 11.9. The zero-order valence-electron chi connectivity index (χ0n) is 11.0. The maximum Gasteiger partial charge on any atom is 0.225 e. The summed E-state index contributed by atoms with van der Waals surface area (Å²) in [7, 11) is 0. The van der Waals surface area contributed by atoms with Crippen LogP contribution < -0.4 is 11.1 Å². The predicted molar refractivity (Wildman–Crippen MR) is 72.2 cm³/mol. The van der Waals surface area contributed by atoms with E-state index in [0.717, 1.165) is 5.69 Å². The number of nitrogens with one attached hydrogen (secondary N) is 2. The molecular formula is C13H22N4O. The Labute approximate surface area is 108 Å². The summed E-state index contributed by atoms with van der Waals surface area (Å²) >= 11 is 0. The van der Waals surface area contributed by atoms with Crippen molar-refractivity contribution in [1.29, 1.82) is 0 Å². The average Bonchev–Trinajstić information content (AvgIpc) is 2.60. The number of rotatable bonds is 3. The number of aryl methyl sites for hydroxylation is 1. The summed E-state index contributed by atoms with van der Waals surface area (Å²) < 4.78 is 0. The average molecular weight is 250 g/mol. The summed E-state index contributed by atoms with van der Waals surface area (Å²) in [5.41, 5.74) is 7.12. The SMILES string of the molecule is Cc1[nH]nc(NC(=O)CC2CCCCCC2)c1N. The Morgan fingerprint density at radius 2 is 2.06 bits per heavy atom. The molecule has 5 heteroatoms. The molecule has 1 fully saturated rings. The number of nitrogens with zero attached hydrogens (tertiary/aromatic N) is 1. The number of hydrogen-bond donors (Lipinski definition) is 3. The zero-order chi connectivity index (χ0) is 13.0. The van der Waals surface area contributed by atoms with E-state index in [1.807, 2.05) is 6.92 Å². The summed E-state index contributed by atoms with van der Waals surface area (Å²) in [6.45, 7) is 1.84. The molecule has 0 spiro atoms. The molecular weight excluding hydrogens is 228 g/mol. The van der Waals surface area contributed by atoms with Crippen LogP contribution in [0.2, 0.25) is 0 Å². The number of H-pyrrole nitrogens is 1. The Kier molecular flexibility index (Phi) is 4.23. The third kappa shape index (κ3) is 3.24. The molecule has 0 bridgehead atoms. The third-order valence-electron chi connectivity index (χ3n) is 3.70. The van der Waals surface area contributed by atoms with Crippen LogP contribution in [0.15, 0.2) is 0 Å². The molecule has 4 N–H and O–H groups in total. The van der Waals surface area contributed by atoms with Crippen LogP contribution in [-0.4, -0.2) is 16.1 Å². The van der Waals surface area contributed by atoms with Crippen LogP contribution >= 0.6 is 0 Å². The summed E-state index contributed by atoms with van der Waals surface area (Å²) in [6.07, 6.45) is 8.05. The number of carbonyl (C=O) groups excluding carboxylic acids is 1. The first kappa shape index (κ1) is 12.9. The molecule has 0 unspecified atom stereocenters. The van der Waals surface area contributed by atoms with Crippen LogP contribution in [0.3, 0.4) is 0 Å². The van der Waals surface area contributed by atoms with Crippen molar-refractivity contribution in [3.8, 4) is 0 Å². The lowest BCUT2D eigenvalue weighted by molar-refractivity contribution is -0.117. The smallest absolute Gasteiger partial charge is 0.225 e. The highest BCUT2D eigenvalue weighted by atomic mass is 16.1. The quantitative estimate of drug-likeness (QED) is 0.721. The van der Waals surface area contributed by atoms with Crippen molar-refractivity contribution in [1.82, 2.24) is 10.2 Å². The second kappa shape index (κ2) is 5.89. The van der Waals surface area contributed by atoms with Gasteiger partial charge >= 0.3 is 0 Å². The maximum absolute atomic E-state index is 11.9. The first-order chi connectivity index (χ1) is 8.66. The fraction of sp³-hybridized carbons (Fsp3) is 0.692. The molecule has 0 aliphatic heterocycles. The highest BCUT2D eigenvalue weighted by Crippen LogP contribution is 2.26. The first-order valence-electron chi connectivity index (χ1n) is 6.77. The number of carbonyl (C=O) groups is 1. The Balaban J connectivity index is 1.86. The monoisotopic (exact) mass is 250 g/mol. The van der Waals surface area contributed by atoms with Gasteiger partial charge in [-0.1, -0.05) is 25.7 Å². The van der Waals surface area contributed by atoms with E-state index in [-0.39, 0.29) is 5.91 Å². The minimum absolute atomic E-state index is 0.0279. The van der Waals surface area contributed by atoms with Crippen LogP contribution in [0.1, 0.15) is 50.6 Å². The van der Waals surface area contributed by atoms with Crippen molar-refractivity contribution in [2.24, 2.45) is 5.92 Å². The van der Waals surface area contributed by atoms with Gasteiger partial charge < -0.3 is 11.1 Å². The van der Waals surface area contributed by atoms with E-state index in [2.05, 4.69) is 15.5 Å². The summed E-state index contributed by atoms with van der Waals surface area (Å²) in [4.78, 5) is 11.9. The van der Waals surface area contributed by atoms with Crippen molar-refractivity contribution in [3.05, 3.63) is 5.69 Å². The summed E-state index contributed by atoms with van der Waals surface area (Å²) in [6, 6.07) is 0. The first-order valence-corrected chi connectivity index (χ1v) is 6.77. The third-order valence-corrected chi connectivity index (χ3v) is 3.70. The number of hydrogen-bond acceptors (Lipinski definition) is 3. The predicted octanol–water partition coefficient (Wildman–Crippen LogP) is 2.60. The van der Waals surface area contributed by atoms with E-state index in [1.54, 1.807) is 0 Å². The lowest BCUT2D eigenvalue weighted by Gasteiger charge is -2.12. The molecule has 0 saturated heterocycles. The Morgan fingerprint density at radius 3 is 2.61 bits per heavy atom. The molecule has 1 amide bonds. The number of aromatic nitrogens is 2. The molecule has 0 radical (unpaired) electrons. The van der Waals surface area contributed by atoms with Gasteiger partial charge in [0.2, 0.25) is 5.91 Å². The fourth-order valence-corrected chi connectivity index (χ4v) is 2.55.